The molecule has 0 atom stereocenters. The van der Waals surface area contributed by atoms with Crippen LogP contribution in [0.25, 0.3) is 0 Å². The standard InChI is InChI=1S/C18H21FN2O4S/c1-13(2)11-20-26(23,24)17-9-7-16(8-10-17)25-12-18(22)21-15-5-3-14(19)4-6-15/h3-10,13,20H,11-12H2,1-2H3,(H,21,22). The van der Waals surface area contributed by atoms with E-state index in [4.69, 9.17) is 4.74 Å². The molecule has 0 radical (unpaired) electrons. The number of rotatable bonds is 8. The number of halogens is 1. The minimum Gasteiger partial charge on any atom is -0.484 e. The van der Waals surface area contributed by atoms with E-state index in [1.807, 2.05) is 13.8 Å². The largest absolute Gasteiger partial charge is 0.484 e. The predicted octanol–water partition coefficient (Wildman–Crippen LogP) is 2.78. The van der Waals surface area contributed by atoms with Crippen molar-refractivity contribution in [1.29, 1.82) is 0 Å². The number of anilines is 1. The van der Waals surface area contributed by atoms with Gasteiger partial charge in [-0.2, -0.15) is 0 Å². The van der Waals surface area contributed by atoms with Gasteiger partial charge < -0.3 is 10.1 Å². The maximum Gasteiger partial charge on any atom is 0.262 e. The number of ether oxygens (including phenoxy) is 1. The van der Waals surface area contributed by atoms with Gasteiger partial charge in [-0.1, -0.05) is 13.8 Å². The van der Waals surface area contributed by atoms with Gasteiger partial charge in [-0.05, 0) is 54.4 Å². The molecular formula is C18H21FN2O4S. The molecule has 2 rings (SSSR count). The topological polar surface area (TPSA) is 84.5 Å². The molecule has 140 valence electrons. The van der Waals surface area contributed by atoms with Crippen LogP contribution >= 0.6 is 0 Å². The van der Waals surface area contributed by atoms with Crippen LogP contribution in [0.2, 0.25) is 0 Å². The zero-order valence-corrected chi connectivity index (χ0v) is 15.3. The maximum atomic E-state index is 12.8. The molecule has 0 saturated carbocycles. The van der Waals surface area contributed by atoms with Crippen molar-refractivity contribution < 1.29 is 22.3 Å². The van der Waals surface area contributed by atoms with Crippen LogP contribution in [0.4, 0.5) is 10.1 Å². The van der Waals surface area contributed by atoms with Gasteiger partial charge in [-0.15, -0.1) is 0 Å². The maximum absolute atomic E-state index is 12.8. The van der Waals surface area contributed by atoms with E-state index in [0.717, 1.165) is 0 Å². The molecule has 2 aromatic carbocycles. The Kier molecular flexibility index (Phi) is 6.70. The third-order valence-corrected chi connectivity index (χ3v) is 4.75. The molecule has 6 nitrogen and oxygen atoms in total. The third kappa shape index (κ3) is 6.12. The SMILES string of the molecule is CC(C)CNS(=O)(=O)c1ccc(OCC(=O)Nc2ccc(F)cc2)cc1. The second kappa shape index (κ2) is 8.77. The number of sulfonamides is 1. The van der Waals surface area contributed by atoms with Gasteiger partial charge >= 0.3 is 0 Å². The average Bonchev–Trinajstić information content (AvgIpc) is 2.61. The van der Waals surface area contributed by atoms with Crippen molar-refractivity contribution in [2.75, 3.05) is 18.5 Å². The molecule has 0 saturated heterocycles. The number of amides is 1. The van der Waals surface area contributed by atoms with Crippen LogP contribution in [0.1, 0.15) is 13.8 Å². The fourth-order valence-corrected chi connectivity index (χ4v) is 3.17. The Morgan fingerprint density at radius 1 is 1.08 bits per heavy atom. The number of hydrogen-bond donors (Lipinski definition) is 2. The Morgan fingerprint density at radius 3 is 2.27 bits per heavy atom. The van der Waals surface area contributed by atoms with Crippen LogP contribution in [0.5, 0.6) is 5.75 Å². The zero-order chi connectivity index (χ0) is 19.2. The van der Waals surface area contributed by atoms with E-state index < -0.39 is 21.7 Å². The van der Waals surface area contributed by atoms with Crippen LogP contribution in [0.3, 0.4) is 0 Å². The molecule has 26 heavy (non-hydrogen) atoms. The molecule has 0 aliphatic heterocycles. The van der Waals surface area contributed by atoms with Crippen molar-refractivity contribution >= 4 is 21.6 Å². The Labute approximate surface area is 152 Å². The second-order valence-corrected chi connectivity index (χ2v) is 7.83. The van der Waals surface area contributed by atoms with Crippen LogP contribution in [0.15, 0.2) is 53.4 Å². The van der Waals surface area contributed by atoms with Crippen LogP contribution in [0, 0.1) is 11.7 Å². The van der Waals surface area contributed by atoms with E-state index >= 15 is 0 Å². The molecule has 2 aromatic rings. The van der Waals surface area contributed by atoms with Crippen molar-refractivity contribution in [2.45, 2.75) is 18.7 Å². The highest BCUT2D eigenvalue weighted by atomic mass is 32.2. The highest BCUT2D eigenvalue weighted by Gasteiger charge is 2.14. The van der Waals surface area contributed by atoms with Gasteiger partial charge in [0.25, 0.3) is 5.91 Å². The van der Waals surface area contributed by atoms with E-state index in [1.54, 1.807) is 0 Å². The lowest BCUT2D eigenvalue weighted by molar-refractivity contribution is -0.118. The van der Waals surface area contributed by atoms with Gasteiger partial charge in [-0.25, -0.2) is 17.5 Å². The van der Waals surface area contributed by atoms with E-state index in [9.17, 15) is 17.6 Å². The van der Waals surface area contributed by atoms with Crippen molar-refractivity contribution in [3.8, 4) is 5.75 Å². The van der Waals surface area contributed by atoms with Gasteiger partial charge in [0.15, 0.2) is 6.61 Å². The van der Waals surface area contributed by atoms with Crippen molar-refractivity contribution in [1.82, 2.24) is 4.72 Å². The smallest absolute Gasteiger partial charge is 0.262 e. The number of carbonyl (C=O) groups is 1. The lowest BCUT2D eigenvalue weighted by Crippen LogP contribution is -2.27. The number of benzene rings is 2. The molecule has 2 N–H and O–H groups in total. The molecule has 1 amide bonds. The molecule has 0 aliphatic rings. The van der Waals surface area contributed by atoms with E-state index in [2.05, 4.69) is 10.0 Å². The first-order valence-corrected chi connectivity index (χ1v) is 9.52. The molecule has 0 spiro atoms. The first-order valence-electron chi connectivity index (χ1n) is 8.04. The fourth-order valence-electron chi connectivity index (χ4n) is 1.95. The van der Waals surface area contributed by atoms with Gasteiger partial charge in [-0.3, -0.25) is 4.79 Å². The van der Waals surface area contributed by atoms with Crippen LogP contribution < -0.4 is 14.8 Å². The molecule has 0 fully saturated rings. The number of nitrogens with one attached hydrogen (secondary N) is 2. The quantitative estimate of drug-likeness (QED) is 0.738. The summed E-state index contributed by atoms with van der Waals surface area (Å²) in [5.74, 6) is -0.238. The average molecular weight is 380 g/mol. The predicted molar refractivity (Wildman–Crippen MR) is 97.0 cm³/mol. The first-order chi connectivity index (χ1) is 12.3. The molecule has 0 heterocycles. The zero-order valence-electron chi connectivity index (χ0n) is 14.5. The van der Waals surface area contributed by atoms with Gasteiger partial charge in [0.1, 0.15) is 11.6 Å². The number of carbonyl (C=O) groups excluding carboxylic acids is 1. The van der Waals surface area contributed by atoms with E-state index in [0.29, 0.717) is 18.0 Å². The highest BCUT2D eigenvalue weighted by molar-refractivity contribution is 7.89. The lowest BCUT2D eigenvalue weighted by Gasteiger charge is -2.10. The summed E-state index contributed by atoms with van der Waals surface area (Å²) in [6, 6.07) is 11.1. The number of hydrogen-bond acceptors (Lipinski definition) is 4. The lowest BCUT2D eigenvalue weighted by atomic mass is 10.2. The van der Waals surface area contributed by atoms with Crippen molar-refractivity contribution in [3.05, 3.63) is 54.3 Å². The molecule has 0 aromatic heterocycles. The molecular weight excluding hydrogens is 359 g/mol. The van der Waals surface area contributed by atoms with Crippen molar-refractivity contribution in [3.63, 3.8) is 0 Å². The molecule has 0 aliphatic carbocycles. The highest BCUT2D eigenvalue weighted by Crippen LogP contribution is 2.16. The monoisotopic (exact) mass is 380 g/mol. The minimum atomic E-state index is -3.56. The van der Waals surface area contributed by atoms with E-state index in [1.165, 1.54) is 48.5 Å². The van der Waals surface area contributed by atoms with Gasteiger partial charge in [0.05, 0.1) is 4.90 Å². The summed E-state index contributed by atoms with van der Waals surface area (Å²) in [5, 5.41) is 2.57. The Morgan fingerprint density at radius 2 is 1.69 bits per heavy atom. The summed E-state index contributed by atoms with van der Waals surface area (Å²) >= 11 is 0. The van der Waals surface area contributed by atoms with Crippen LogP contribution in [-0.2, 0) is 14.8 Å². The summed E-state index contributed by atoms with van der Waals surface area (Å²) in [7, 11) is -3.56. The summed E-state index contributed by atoms with van der Waals surface area (Å²) in [4.78, 5) is 11.9. The normalized spacial score (nSPS) is 11.4. The molecule has 8 heteroatoms. The summed E-state index contributed by atoms with van der Waals surface area (Å²) in [6.45, 7) is 3.92. The Balaban J connectivity index is 1.88. The van der Waals surface area contributed by atoms with Crippen LogP contribution in [-0.4, -0.2) is 27.5 Å². The minimum absolute atomic E-state index is 0.126. The Bertz CT molecular complexity index is 834. The summed E-state index contributed by atoms with van der Waals surface area (Å²) < 4.78 is 44.9. The first kappa shape index (κ1) is 19.9. The third-order valence-electron chi connectivity index (χ3n) is 3.31. The molecule has 0 bridgehead atoms. The fraction of sp³-hybridized carbons (Fsp3) is 0.278. The van der Waals surface area contributed by atoms with E-state index in [-0.39, 0.29) is 17.4 Å². The summed E-state index contributed by atoms with van der Waals surface area (Å²) in [5.41, 5.74) is 0.456. The van der Waals surface area contributed by atoms with Crippen molar-refractivity contribution in [2.24, 2.45) is 5.92 Å². The molecule has 0 unspecified atom stereocenters. The Hall–Kier alpha value is -2.45. The summed E-state index contributed by atoms with van der Waals surface area (Å²) in [6.07, 6.45) is 0. The van der Waals surface area contributed by atoms with Gasteiger partial charge in [0.2, 0.25) is 10.0 Å². The second-order valence-electron chi connectivity index (χ2n) is 6.06. The van der Waals surface area contributed by atoms with Gasteiger partial charge in [0, 0.05) is 12.2 Å².